The number of hydrogen-bond acceptors (Lipinski definition) is 4. The van der Waals surface area contributed by atoms with Gasteiger partial charge in [0.25, 0.3) is 0 Å². The zero-order valence-electron chi connectivity index (χ0n) is 9.85. The van der Waals surface area contributed by atoms with Crippen LogP contribution in [-0.4, -0.2) is 35.0 Å². The molecular formula is C11H15FN4O. The van der Waals surface area contributed by atoms with Crippen LogP contribution in [0.4, 0.5) is 10.2 Å². The van der Waals surface area contributed by atoms with Crippen molar-refractivity contribution in [2.24, 2.45) is 5.92 Å². The molecular weight excluding hydrogens is 223 g/mol. The van der Waals surface area contributed by atoms with Gasteiger partial charge in [0, 0.05) is 19.1 Å². The molecule has 0 aliphatic carbocycles. The first-order chi connectivity index (χ1) is 8.08. The van der Waals surface area contributed by atoms with Gasteiger partial charge in [-0.2, -0.15) is 0 Å². The van der Waals surface area contributed by atoms with Gasteiger partial charge in [-0.15, -0.1) is 0 Å². The number of halogens is 1. The van der Waals surface area contributed by atoms with Crippen LogP contribution in [0.2, 0.25) is 0 Å². The maximum Gasteiger partial charge on any atom is 0.226 e. The van der Waals surface area contributed by atoms with Crippen molar-refractivity contribution in [1.82, 2.24) is 15.3 Å². The van der Waals surface area contributed by atoms with Crippen molar-refractivity contribution < 1.29 is 9.18 Å². The van der Waals surface area contributed by atoms with Crippen LogP contribution in [0, 0.1) is 11.7 Å². The molecule has 1 aromatic heterocycles. The molecule has 2 heterocycles. The number of hydrogen-bond donors (Lipinski definition) is 1. The molecule has 6 heteroatoms. The molecule has 1 aromatic rings. The third kappa shape index (κ3) is 2.51. The van der Waals surface area contributed by atoms with E-state index in [2.05, 4.69) is 15.3 Å². The molecule has 1 aliphatic heterocycles. The summed E-state index contributed by atoms with van der Waals surface area (Å²) >= 11 is 0. The molecule has 2 rings (SSSR count). The van der Waals surface area contributed by atoms with Crippen LogP contribution < -0.4 is 10.2 Å². The minimum absolute atomic E-state index is 0.0192. The Morgan fingerprint density at radius 2 is 2.29 bits per heavy atom. The second-order valence-electron chi connectivity index (χ2n) is 4.46. The first-order valence-corrected chi connectivity index (χ1v) is 5.58. The second kappa shape index (κ2) is 4.65. The summed E-state index contributed by atoms with van der Waals surface area (Å²) in [7, 11) is 0. The monoisotopic (exact) mass is 238 g/mol. The van der Waals surface area contributed by atoms with Gasteiger partial charge in [-0.05, 0) is 13.8 Å². The first-order valence-electron chi connectivity index (χ1n) is 5.58. The van der Waals surface area contributed by atoms with Crippen LogP contribution in [0.5, 0.6) is 0 Å². The molecule has 92 valence electrons. The Labute approximate surface area is 99.1 Å². The van der Waals surface area contributed by atoms with Gasteiger partial charge in [0.05, 0.1) is 12.1 Å². The van der Waals surface area contributed by atoms with E-state index in [1.54, 1.807) is 4.90 Å². The summed E-state index contributed by atoms with van der Waals surface area (Å²) in [6.07, 6.45) is 2.43. The van der Waals surface area contributed by atoms with E-state index < -0.39 is 5.82 Å². The molecule has 1 N–H and O–H groups in total. The highest BCUT2D eigenvalue weighted by atomic mass is 19.1. The Kier molecular flexibility index (Phi) is 3.21. The maximum absolute atomic E-state index is 13.3. The number of anilines is 1. The smallest absolute Gasteiger partial charge is 0.226 e. The van der Waals surface area contributed by atoms with Crippen molar-refractivity contribution >= 4 is 11.7 Å². The van der Waals surface area contributed by atoms with E-state index in [-0.39, 0.29) is 23.7 Å². The number of rotatable bonds is 3. The number of carbonyl (C=O) groups excluding carboxylic acids is 1. The SMILES string of the molecule is CC(C)NC(=O)C1CN(c2ncncc2F)C1. The zero-order chi connectivity index (χ0) is 12.4. The summed E-state index contributed by atoms with van der Waals surface area (Å²) in [6, 6.07) is 0.132. The minimum atomic E-state index is -0.449. The van der Waals surface area contributed by atoms with Crippen molar-refractivity contribution in [2.45, 2.75) is 19.9 Å². The highest BCUT2D eigenvalue weighted by Gasteiger charge is 2.34. The Morgan fingerprint density at radius 1 is 1.59 bits per heavy atom. The standard InChI is InChI=1S/C11H15FN4O/c1-7(2)15-11(17)8-4-16(5-8)10-9(12)3-13-6-14-10/h3,6-8H,4-5H2,1-2H3,(H,15,17). The van der Waals surface area contributed by atoms with E-state index in [1.165, 1.54) is 6.33 Å². The number of amides is 1. The summed E-state index contributed by atoms with van der Waals surface area (Å²) in [4.78, 5) is 20.8. The Bertz CT molecular complexity index is 418. The summed E-state index contributed by atoms with van der Waals surface area (Å²) in [5, 5.41) is 2.84. The van der Waals surface area contributed by atoms with Crippen molar-refractivity contribution in [3.05, 3.63) is 18.3 Å². The van der Waals surface area contributed by atoms with Gasteiger partial charge in [0.1, 0.15) is 6.33 Å². The lowest BCUT2D eigenvalue weighted by Gasteiger charge is -2.39. The molecule has 0 spiro atoms. The van der Waals surface area contributed by atoms with Crippen LogP contribution in [0.3, 0.4) is 0 Å². The average Bonchev–Trinajstić information content (AvgIpc) is 2.17. The Balaban J connectivity index is 1.91. The van der Waals surface area contributed by atoms with E-state index in [4.69, 9.17) is 0 Å². The van der Waals surface area contributed by atoms with Gasteiger partial charge < -0.3 is 10.2 Å². The van der Waals surface area contributed by atoms with E-state index in [9.17, 15) is 9.18 Å². The Morgan fingerprint density at radius 3 is 2.88 bits per heavy atom. The van der Waals surface area contributed by atoms with Gasteiger partial charge in [0.2, 0.25) is 5.91 Å². The number of nitrogens with zero attached hydrogens (tertiary/aromatic N) is 3. The molecule has 0 aromatic carbocycles. The summed E-state index contributed by atoms with van der Waals surface area (Å²) < 4.78 is 13.3. The largest absolute Gasteiger partial charge is 0.354 e. The summed E-state index contributed by atoms with van der Waals surface area (Å²) in [5.74, 6) is -0.235. The second-order valence-corrected chi connectivity index (χ2v) is 4.46. The fourth-order valence-electron chi connectivity index (χ4n) is 1.76. The quantitative estimate of drug-likeness (QED) is 0.836. The van der Waals surface area contributed by atoms with E-state index >= 15 is 0 Å². The zero-order valence-corrected chi connectivity index (χ0v) is 9.85. The number of nitrogens with one attached hydrogen (secondary N) is 1. The predicted molar refractivity (Wildman–Crippen MR) is 61.0 cm³/mol. The lowest BCUT2D eigenvalue weighted by molar-refractivity contribution is -0.126. The molecule has 1 aliphatic rings. The fourth-order valence-corrected chi connectivity index (χ4v) is 1.76. The lowest BCUT2D eigenvalue weighted by Crippen LogP contribution is -2.55. The van der Waals surface area contributed by atoms with Gasteiger partial charge in [-0.1, -0.05) is 0 Å². The van der Waals surface area contributed by atoms with E-state index in [1.807, 2.05) is 13.8 Å². The molecule has 0 unspecified atom stereocenters. The van der Waals surface area contributed by atoms with Crippen LogP contribution in [0.1, 0.15) is 13.8 Å². The van der Waals surface area contributed by atoms with Crippen molar-refractivity contribution in [3.8, 4) is 0 Å². The number of carbonyl (C=O) groups is 1. The molecule has 0 radical (unpaired) electrons. The average molecular weight is 238 g/mol. The van der Waals surface area contributed by atoms with E-state index in [0.29, 0.717) is 13.1 Å². The minimum Gasteiger partial charge on any atom is -0.354 e. The molecule has 1 amide bonds. The van der Waals surface area contributed by atoms with Gasteiger partial charge in [-0.25, -0.2) is 14.4 Å². The van der Waals surface area contributed by atoms with Crippen LogP contribution in [0.25, 0.3) is 0 Å². The molecule has 0 atom stereocenters. The topological polar surface area (TPSA) is 58.1 Å². The van der Waals surface area contributed by atoms with Crippen molar-refractivity contribution in [2.75, 3.05) is 18.0 Å². The summed E-state index contributed by atoms with van der Waals surface area (Å²) in [5.41, 5.74) is 0. The van der Waals surface area contributed by atoms with Gasteiger partial charge >= 0.3 is 0 Å². The highest BCUT2D eigenvalue weighted by molar-refractivity contribution is 5.81. The van der Waals surface area contributed by atoms with Crippen molar-refractivity contribution in [1.29, 1.82) is 0 Å². The molecule has 1 saturated heterocycles. The molecule has 0 bridgehead atoms. The molecule has 5 nitrogen and oxygen atoms in total. The van der Waals surface area contributed by atoms with Gasteiger partial charge in [0.15, 0.2) is 11.6 Å². The van der Waals surface area contributed by atoms with Crippen LogP contribution in [-0.2, 0) is 4.79 Å². The normalized spacial score (nSPS) is 15.9. The third-order valence-electron chi connectivity index (χ3n) is 2.63. The van der Waals surface area contributed by atoms with Crippen LogP contribution >= 0.6 is 0 Å². The van der Waals surface area contributed by atoms with Gasteiger partial charge in [-0.3, -0.25) is 4.79 Å². The predicted octanol–water partition coefficient (Wildman–Crippen LogP) is 0.576. The highest BCUT2D eigenvalue weighted by Crippen LogP contribution is 2.24. The summed E-state index contributed by atoms with van der Waals surface area (Å²) in [6.45, 7) is 4.84. The van der Waals surface area contributed by atoms with Crippen LogP contribution in [0.15, 0.2) is 12.5 Å². The van der Waals surface area contributed by atoms with E-state index in [0.717, 1.165) is 6.20 Å². The Hall–Kier alpha value is -1.72. The number of aromatic nitrogens is 2. The molecule has 0 saturated carbocycles. The maximum atomic E-state index is 13.3. The first kappa shape index (κ1) is 11.8. The lowest BCUT2D eigenvalue weighted by atomic mass is 9.99. The van der Waals surface area contributed by atoms with Crippen molar-refractivity contribution in [3.63, 3.8) is 0 Å². The molecule has 17 heavy (non-hydrogen) atoms. The fraction of sp³-hybridized carbons (Fsp3) is 0.545. The molecule has 1 fully saturated rings. The third-order valence-corrected chi connectivity index (χ3v) is 2.63.